The Hall–Kier alpha value is -2.77. The lowest BCUT2D eigenvalue weighted by atomic mass is 9.92. The first-order valence-corrected chi connectivity index (χ1v) is 13.3. The number of rotatable bonds is 10. The van der Waals surface area contributed by atoms with Crippen molar-refractivity contribution in [2.24, 2.45) is 5.92 Å². The van der Waals surface area contributed by atoms with Gasteiger partial charge in [0.05, 0.1) is 0 Å². The number of nitrogens with zero attached hydrogens (tertiary/aromatic N) is 1. The molecule has 0 aliphatic rings. The molecule has 0 saturated heterocycles. The Morgan fingerprint density at radius 1 is 1.03 bits per heavy atom. The van der Waals surface area contributed by atoms with Gasteiger partial charge in [0, 0.05) is 17.1 Å². The summed E-state index contributed by atoms with van der Waals surface area (Å²) in [6.07, 6.45) is 1.32. The number of phenols is 1. The summed E-state index contributed by atoms with van der Waals surface area (Å²) in [4.78, 5) is 42.2. The first-order valence-electron chi connectivity index (χ1n) is 13.3. The lowest BCUT2D eigenvalue weighted by molar-refractivity contribution is -0.149. The number of hydrogen-bond donors (Lipinski definition) is 3. The van der Waals surface area contributed by atoms with Gasteiger partial charge in [-0.1, -0.05) is 45.4 Å². The summed E-state index contributed by atoms with van der Waals surface area (Å²) in [5.41, 5.74) is -0.618. The van der Waals surface area contributed by atoms with Crippen LogP contribution in [0.2, 0.25) is 0 Å². The van der Waals surface area contributed by atoms with E-state index in [1.807, 2.05) is 48.5 Å². The number of para-hydroxylation sites is 1. The summed E-state index contributed by atoms with van der Waals surface area (Å²) in [5.74, 6) is -0.759. The van der Waals surface area contributed by atoms with Gasteiger partial charge in [-0.2, -0.15) is 0 Å². The molecule has 0 heterocycles. The van der Waals surface area contributed by atoms with Gasteiger partial charge in [0.25, 0.3) is 0 Å². The predicted octanol–water partition coefficient (Wildman–Crippen LogP) is 5.61. The highest BCUT2D eigenvalue weighted by molar-refractivity contribution is 5.93. The van der Waals surface area contributed by atoms with Crippen LogP contribution in [-0.2, 0) is 14.3 Å². The minimum atomic E-state index is -1.11. The molecular weight excluding hydrogens is 470 g/mol. The molecule has 0 saturated carbocycles. The van der Waals surface area contributed by atoms with E-state index >= 15 is 0 Å². The van der Waals surface area contributed by atoms with E-state index in [0.717, 1.165) is 12.8 Å². The first kappa shape index (κ1) is 32.3. The first-order chi connectivity index (χ1) is 16.9. The number of nitrogens with one attached hydrogen (secondary N) is 2. The second-order valence-corrected chi connectivity index (χ2v) is 12.3. The van der Waals surface area contributed by atoms with Crippen LogP contribution in [0.4, 0.5) is 4.79 Å². The van der Waals surface area contributed by atoms with E-state index in [1.165, 1.54) is 4.90 Å². The Labute approximate surface area is 223 Å². The quantitative estimate of drug-likeness (QED) is 0.372. The lowest BCUT2D eigenvalue weighted by Crippen LogP contribution is -2.59. The van der Waals surface area contributed by atoms with E-state index in [0.29, 0.717) is 17.5 Å². The third kappa shape index (κ3) is 9.90. The molecule has 0 aromatic heterocycles. The van der Waals surface area contributed by atoms with Crippen LogP contribution in [0.25, 0.3) is 0 Å². The molecule has 3 unspecified atom stereocenters. The smallest absolute Gasteiger partial charge is 0.408 e. The summed E-state index contributed by atoms with van der Waals surface area (Å²) in [5, 5.41) is 16.8. The van der Waals surface area contributed by atoms with E-state index in [9.17, 15) is 19.5 Å². The Morgan fingerprint density at radius 3 is 2.11 bits per heavy atom. The van der Waals surface area contributed by atoms with Crippen molar-refractivity contribution in [3.05, 3.63) is 29.3 Å². The van der Waals surface area contributed by atoms with Crippen LogP contribution in [-0.4, -0.2) is 51.1 Å². The largest absolute Gasteiger partial charge is 0.507 e. The van der Waals surface area contributed by atoms with Gasteiger partial charge < -0.3 is 25.4 Å². The maximum atomic E-state index is 14.2. The van der Waals surface area contributed by atoms with E-state index in [1.54, 1.807) is 45.9 Å². The van der Waals surface area contributed by atoms with Crippen LogP contribution >= 0.6 is 0 Å². The van der Waals surface area contributed by atoms with Gasteiger partial charge in [-0.3, -0.25) is 9.59 Å². The fraction of sp³-hybridized carbons (Fsp3) is 0.690. The van der Waals surface area contributed by atoms with Crippen molar-refractivity contribution in [3.8, 4) is 5.75 Å². The molecule has 1 aromatic rings. The van der Waals surface area contributed by atoms with Gasteiger partial charge in [0.2, 0.25) is 11.8 Å². The van der Waals surface area contributed by atoms with Crippen LogP contribution < -0.4 is 10.6 Å². The lowest BCUT2D eigenvalue weighted by Gasteiger charge is -2.43. The standard InChI is InChI=1S/C29H49N3O5/c1-12-14-20(5)30-25(34)23(21-16-13-15-19(4)24(21)33)32(28(6,7)8)26(35)22(17-18(2)3)31-27(36)37-29(9,10)11/h13,15-16,18,20,22-23,33H,12,14,17H2,1-11H3,(H,30,34)(H,31,36). The minimum Gasteiger partial charge on any atom is -0.507 e. The molecule has 0 fully saturated rings. The molecule has 8 nitrogen and oxygen atoms in total. The van der Waals surface area contributed by atoms with E-state index in [2.05, 4.69) is 10.6 Å². The van der Waals surface area contributed by atoms with Gasteiger partial charge in [0.1, 0.15) is 23.4 Å². The SMILES string of the molecule is CCCC(C)NC(=O)C(c1cccc(C)c1O)N(C(=O)C(CC(C)C)NC(=O)OC(C)(C)C)C(C)(C)C. The molecular formula is C29H49N3O5. The highest BCUT2D eigenvalue weighted by Crippen LogP contribution is 2.36. The van der Waals surface area contributed by atoms with Crippen molar-refractivity contribution >= 4 is 17.9 Å². The number of aryl methyl sites for hydroxylation is 1. The molecule has 8 heteroatoms. The summed E-state index contributed by atoms with van der Waals surface area (Å²) in [6, 6.07) is 3.03. The van der Waals surface area contributed by atoms with Crippen LogP contribution in [0.15, 0.2) is 18.2 Å². The maximum Gasteiger partial charge on any atom is 0.408 e. The molecule has 3 amide bonds. The number of carbonyl (C=O) groups excluding carboxylic acids is 3. The zero-order chi connectivity index (χ0) is 28.7. The summed E-state index contributed by atoms with van der Waals surface area (Å²) in [6.45, 7) is 20.4. The number of phenolic OH excluding ortho intramolecular Hbond substituents is 1. The minimum absolute atomic E-state index is 0.0339. The molecule has 37 heavy (non-hydrogen) atoms. The van der Waals surface area contributed by atoms with E-state index < -0.39 is 35.2 Å². The average molecular weight is 520 g/mol. The Morgan fingerprint density at radius 2 is 1.62 bits per heavy atom. The molecule has 0 bridgehead atoms. The number of aromatic hydroxyl groups is 1. The van der Waals surface area contributed by atoms with Gasteiger partial charge in [-0.15, -0.1) is 0 Å². The topological polar surface area (TPSA) is 108 Å². The number of amides is 3. The number of hydrogen-bond acceptors (Lipinski definition) is 5. The Bertz CT molecular complexity index is 930. The fourth-order valence-electron chi connectivity index (χ4n) is 4.28. The molecule has 210 valence electrons. The second kappa shape index (κ2) is 13.2. The highest BCUT2D eigenvalue weighted by atomic mass is 16.6. The zero-order valence-electron chi connectivity index (χ0n) is 24.7. The monoisotopic (exact) mass is 519 g/mol. The van der Waals surface area contributed by atoms with Crippen molar-refractivity contribution in [2.45, 2.75) is 125 Å². The van der Waals surface area contributed by atoms with Crippen molar-refractivity contribution in [1.82, 2.24) is 15.5 Å². The molecule has 1 rings (SSSR count). The molecule has 1 aromatic carbocycles. The van der Waals surface area contributed by atoms with Crippen molar-refractivity contribution in [1.29, 1.82) is 0 Å². The van der Waals surface area contributed by atoms with Gasteiger partial charge in [0.15, 0.2) is 0 Å². The highest BCUT2D eigenvalue weighted by Gasteiger charge is 2.43. The molecule has 3 atom stereocenters. The van der Waals surface area contributed by atoms with Crippen LogP contribution in [0.1, 0.15) is 106 Å². The number of alkyl carbamates (subject to hydrolysis) is 1. The van der Waals surface area contributed by atoms with Crippen LogP contribution in [0.5, 0.6) is 5.75 Å². The third-order valence-corrected chi connectivity index (χ3v) is 5.84. The van der Waals surface area contributed by atoms with Gasteiger partial charge in [-0.25, -0.2) is 4.79 Å². The second-order valence-electron chi connectivity index (χ2n) is 12.3. The van der Waals surface area contributed by atoms with Crippen molar-refractivity contribution in [3.63, 3.8) is 0 Å². The summed E-state index contributed by atoms with van der Waals surface area (Å²) < 4.78 is 5.43. The van der Waals surface area contributed by atoms with Gasteiger partial charge in [-0.05, 0) is 79.7 Å². The normalized spacial score (nSPS) is 14.5. The maximum absolute atomic E-state index is 14.2. The third-order valence-electron chi connectivity index (χ3n) is 5.84. The molecule has 0 aliphatic heterocycles. The van der Waals surface area contributed by atoms with Crippen molar-refractivity contribution < 1.29 is 24.2 Å². The fourth-order valence-corrected chi connectivity index (χ4v) is 4.28. The van der Waals surface area contributed by atoms with Crippen molar-refractivity contribution in [2.75, 3.05) is 0 Å². The summed E-state index contributed by atoms with van der Waals surface area (Å²) in [7, 11) is 0. The number of benzene rings is 1. The summed E-state index contributed by atoms with van der Waals surface area (Å²) >= 11 is 0. The Kier molecular flexibility index (Phi) is 11.5. The molecule has 0 radical (unpaired) electrons. The average Bonchev–Trinajstić information content (AvgIpc) is 2.70. The molecule has 0 aliphatic carbocycles. The van der Waals surface area contributed by atoms with Crippen LogP contribution in [0.3, 0.4) is 0 Å². The molecule has 0 spiro atoms. The molecule has 3 N–H and O–H groups in total. The Balaban J connectivity index is 3.66. The number of ether oxygens (including phenoxy) is 1. The van der Waals surface area contributed by atoms with E-state index in [-0.39, 0.29) is 23.6 Å². The van der Waals surface area contributed by atoms with E-state index in [4.69, 9.17) is 4.74 Å². The van der Waals surface area contributed by atoms with Gasteiger partial charge >= 0.3 is 6.09 Å². The van der Waals surface area contributed by atoms with Crippen LogP contribution in [0, 0.1) is 12.8 Å². The zero-order valence-corrected chi connectivity index (χ0v) is 24.7. The predicted molar refractivity (Wildman–Crippen MR) is 147 cm³/mol. The number of carbonyl (C=O) groups is 3.